The number of aliphatic carboxylic acids is 1. The van der Waals surface area contributed by atoms with Gasteiger partial charge in [0.15, 0.2) is 0 Å². The molecule has 2 aliphatic carbocycles. The van der Waals surface area contributed by atoms with E-state index in [-0.39, 0.29) is 0 Å². The lowest BCUT2D eigenvalue weighted by Crippen LogP contribution is -2.40. The zero-order valence-electron chi connectivity index (χ0n) is 16.7. The lowest BCUT2D eigenvalue weighted by molar-refractivity contribution is -0.130. The SMILES string of the molecule is C1CCC(NC2CCCCC2)CC1.CON=C(C(=O)O)C(=O)COS(C)(=O)=O. The van der Waals surface area contributed by atoms with Crippen LogP contribution in [-0.4, -0.2) is 63.0 Å². The number of rotatable bonds is 8. The van der Waals surface area contributed by atoms with Crippen LogP contribution in [0.5, 0.6) is 0 Å². The van der Waals surface area contributed by atoms with Gasteiger partial charge in [-0.05, 0) is 25.7 Å². The summed E-state index contributed by atoms with van der Waals surface area (Å²) in [6.45, 7) is -0.923. The zero-order chi connectivity index (χ0) is 21.0. The molecule has 0 bridgehead atoms. The molecular weight excluding hydrogens is 388 g/mol. The van der Waals surface area contributed by atoms with Crippen molar-refractivity contribution in [2.24, 2.45) is 5.16 Å². The van der Waals surface area contributed by atoms with Gasteiger partial charge in [0.25, 0.3) is 10.1 Å². The number of Topliss-reactive ketones (excluding diaryl/α,β-unsaturated/α-hetero) is 1. The van der Waals surface area contributed by atoms with Crippen LogP contribution in [0.2, 0.25) is 0 Å². The molecular formula is C18H32N2O7S. The van der Waals surface area contributed by atoms with Crippen LogP contribution < -0.4 is 5.32 Å². The van der Waals surface area contributed by atoms with Crippen molar-refractivity contribution in [3.8, 4) is 0 Å². The number of oxime groups is 1. The Hall–Kier alpha value is -1.52. The van der Waals surface area contributed by atoms with Crippen LogP contribution >= 0.6 is 0 Å². The van der Waals surface area contributed by atoms with Crippen molar-refractivity contribution in [1.82, 2.24) is 5.32 Å². The van der Waals surface area contributed by atoms with Gasteiger partial charge in [-0.25, -0.2) is 4.79 Å². The Balaban J connectivity index is 0.000000281. The van der Waals surface area contributed by atoms with E-state index in [1.165, 1.54) is 64.2 Å². The predicted molar refractivity (Wildman–Crippen MR) is 105 cm³/mol. The Morgan fingerprint density at radius 2 is 1.46 bits per heavy atom. The average molecular weight is 421 g/mol. The molecule has 0 aliphatic heterocycles. The Morgan fingerprint density at radius 3 is 1.82 bits per heavy atom. The highest BCUT2D eigenvalue weighted by atomic mass is 32.2. The molecule has 0 aromatic rings. The minimum absolute atomic E-state index is 0.730. The van der Waals surface area contributed by atoms with Crippen LogP contribution in [-0.2, 0) is 28.7 Å². The summed E-state index contributed by atoms with van der Waals surface area (Å²) in [6, 6.07) is 1.74. The smallest absolute Gasteiger partial charge is 0.361 e. The first-order valence-electron chi connectivity index (χ1n) is 9.71. The molecule has 10 heteroatoms. The Morgan fingerprint density at radius 1 is 1.00 bits per heavy atom. The normalized spacial score (nSPS) is 19.4. The van der Waals surface area contributed by atoms with Crippen LogP contribution in [0.4, 0.5) is 0 Å². The molecule has 0 unspecified atom stereocenters. The predicted octanol–water partition coefficient (Wildman–Crippen LogP) is 1.86. The summed E-state index contributed by atoms with van der Waals surface area (Å²) in [5.74, 6) is -2.73. The topological polar surface area (TPSA) is 131 Å². The Bertz CT molecular complexity index is 606. The molecule has 0 radical (unpaired) electrons. The van der Waals surface area contributed by atoms with E-state index in [9.17, 15) is 18.0 Å². The van der Waals surface area contributed by atoms with E-state index >= 15 is 0 Å². The maximum Gasteiger partial charge on any atom is 0.361 e. The first-order valence-corrected chi connectivity index (χ1v) is 11.5. The molecule has 0 aromatic carbocycles. The number of carboxylic acids is 1. The van der Waals surface area contributed by atoms with Crippen molar-refractivity contribution < 1.29 is 32.1 Å². The Kier molecular flexibility index (Phi) is 11.2. The fourth-order valence-electron chi connectivity index (χ4n) is 3.40. The van der Waals surface area contributed by atoms with Crippen LogP contribution in [0.15, 0.2) is 5.16 Å². The number of carbonyl (C=O) groups is 2. The third-order valence-electron chi connectivity index (χ3n) is 4.74. The van der Waals surface area contributed by atoms with Crippen LogP contribution in [0.1, 0.15) is 64.2 Å². The summed E-state index contributed by atoms with van der Waals surface area (Å²) in [6.07, 6.45) is 15.3. The van der Waals surface area contributed by atoms with E-state index in [2.05, 4.69) is 19.5 Å². The zero-order valence-corrected chi connectivity index (χ0v) is 17.5. The first-order chi connectivity index (χ1) is 13.2. The summed E-state index contributed by atoms with van der Waals surface area (Å²) >= 11 is 0. The van der Waals surface area contributed by atoms with E-state index in [1.54, 1.807) is 0 Å². The molecule has 2 N–H and O–H groups in total. The van der Waals surface area contributed by atoms with Crippen molar-refractivity contribution >= 4 is 27.6 Å². The van der Waals surface area contributed by atoms with Gasteiger partial charge in [-0.2, -0.15) is 8.42 Å². The van der Waals surface area contributed by atoms with Gasteiger partial charge in [-0.1, -0.05) is 43.7 Å². The molecule has 2 rings (SSSR count). The summed E-state index contributed by atoms with van der Waals surface area (Å²) in [5.41, 5.74) is -0.929. The quantitative estimate of drug-likeness (QED) is 0.263. The minimum Gasteiger partial charge on any atom is -0.476 e. The van der Waals surface area contributed by atoms with E-state index < -0.39 is 34.2 Å². The standard InChI is InChI=1S/C12H23N.C6H9NO7S/c1-3-7-11(8-4-1)13-12-9-5-2-6-10-12;1-13-7-5(6(9)10)4(8)3-14-15(2,11)12/h11-13H,1-10H2;3H2,1-2H3,(H,9,10). The van der Waals surface area contributed by atoms with Crippen LogP contribution in [0.25, 0.3) is 0 Å². The molecule has 0 saturated heterocycles. The van der Waals surface area contributed by atoms with Gasteiger partial charge in [0, 0.05) is 12.1 Å². The molecule has 9 nitrogen and oxygen atoms in total. The van der Waals surface area contributed by atoms with Crippen molar-refractivity contribution in [1.29, 1.82) is 0 Å². The molecule has 0 amide bonds. The highest BCUT2D eigenvalue weighted by molar-refractivity contribution is 7.86. The second-order valence-electron chi connectivity index (χ2n) is 7.15. The summed E-state index contributed by atoms with van der Waals surface area (Å²) in [4.78, 5) is 25.6. The largest absolute Gasteiger partial charge is 0.476 e. The van der Waals surface area contributed by atoms with E-state index in [4.69, 9.17) is 5.11 Å². The van der Waals surface area contributed by atoms with Gasteiger partial charge in [-0.15, -0.1) is 0 Å². The molecule has 2 aliphatic rings. The fraction of sp³-hybridized carbons (Fsp3) is 0.833. The molecule has 28 heavy (non-hydrogen) atoms. The van der Waals surface area contributed by atoms with Crippen molar-refractivity contribution in [2.45, 2.75) is 76.3 Å². The molecule has 162 valence electrons. The second-order valence-corrected chi connectivity index (χ2v) is 8.80. The number of hydrogen-bond donors (Lipinski definition) is 2. The van der Waals surface area contributed by atoms with Gasteiger partial charge < -0.3 is 15.3 Å². The number of carbonyl (C=O) groups excluding carboxylic acids is 1. The number of carboxylic acid groups (broad SMARTS) is 1. The molecule has 0 heterocycles. The maximum atomic E-state index is 11.0. The summed E-state index contributed by atoms with van der Waals surface area (Å²) < 4.78 is 25.1. The van der Waals surface area contributed by atoms with Gasteiger partial charge in [0.1, 0.15) is 13.7 Å². The van der Waals surface area contributed by atoms with Gasteiger partial charge >= 0.3 is 5.97 Å². The van der Waals surface area contributed by atoms with E-state index in [1.807, 2.05) is 0 Å². The van der Waals surface area contributed by atoms with Crippen molar-refractivity contribution in [3.05, 3.63) is 0 Å². The number of nitrogens with zero attached hydrogens (tertiary/aromatic N) is 1. The van der Waals surface area contributed by atoms with Gasteiger partial charge in [0.2, 0.25) is 11.5 Å². The Labute approximate surface area is 167 Å². The van der Waals surface area contributed by atoms with Crippen molar-refractivity contribution in [2.75, 3.05) is 20.0 Å². The minimum atomic E-state index is -3.80. The third-order valence-corrected chi connectivity index (χ3v) is 5.28. The van der Waals surface area contributed by atoms with E-state index in [0.717, 1.165) is 25.4 Å². The van der Waals surface area contributed by atoms with Gasteiger partial charge in [0.05, 0.1) is 6.26 Å². The summed E-state index contributed by atoms with van der Waals surface area (Å²) in [5, 5.41) is 15.2. The highest BCUT2D eigenvalue weighted by Crippen LogP contribution is 2.22. The highest BCUT2D eigenvalue weighted by Gasteiger charge is 2.22. The molecule has 2 saturated carbocycles. The average Bonchev–Trinajstić information content (AvgIpc) is 2.65. The lowest BCUT2D eigenvalue weighted by atomic mass is 9.91. The molecule has 0 spiro atoms. The van der Waals surface area contributed by atoms with Crippen LogP contribution in [0, 0.1) is 0 Å². The molecule has 0 aromatic heterocycles. The van der Waals surface area contributed by atoms with E-state index in [0.29, 0.717) is 0 Å². The molecule has 2 fully saturated rings. The second kappa shape index (κ2) is 12.8. The maximum absolute atomic E-state index is 11.0. The number of ketones is 1. The fourth-order valence-corrected chi connectivity index (χ4v) is 3.72. The number of hydrogen-bond acceptors (Lipinski definition) is 8. The lowest BCUT2D eigenvalue weighted by Gasteiger charge is -2.30. The van der Waals surface area contributed by atoms with Crippen LogP contribution in [0.3, 0.4) is 0 Å². The molecule has 0 atom stereocenters. The first kappa shape index (κ1) is 24.5. The summed E-state index contributed by atoms with van der Waals surface area (Å²) in [7, 11) is -2.75. The third kappa shape index (κ3) is 10.7. The number of nitrogens with one attached hydrogen (secondary N) is 1. The van der Waals surface area contributed by atoms with Gasteiger partial charge in [-0.3, -0.25) is 8.98 Å². The monoisotopic (exact) mass is 420 g/mol. The van der Waals surface area contributed by atoms with Crippen molar-refractivity contribution in [3.63, 3.8) is 0 Å².